The molecule has 0 aromatic carbocycles. The summed E-state index contributed by atoms with van der Waals surface area (Å²) >= 11 is 0. The smallest absolute Gasteiger partial charge is 0.321 e. The van der Waals surface area contributed by atoms with E-state index in [1.54, 1.807) is 0 Å². The maximum absolute atomic E-state index is 11.7. The van der Waals surface area contributed by atoms with Gasteiger partial charge in [-0.05, 0) is 26.2 Å². The zero-order valence-corrected chi connectivity index (χ0v) is 11.7. The van der Waals surface area contributed by atoms with Crippen molar-refractivity contribution in [1.82, 2.24) is 10.6 Å². The quantitative estimate of drug-likeness (QED) is 0.659. The van der Waals surface area contributed by atoms with Crippen LogP contribution in [0.1, 0.15) is 40.0 Å². The first kappa shape index (κ1) is 15.0. The molecule has 0 saturated carbocycles. The number of nitrogens with one attached hydrogen (secondary N) is 3. The largest absolute Gasteiger partial charge is 0.335 e. The molecule has 1 aliphatic heterocycles. The van der Waals surface area contributed by atoms with E-state index in [1.807, 2.05) is 13.8 Å². The molecule has 5 heteroatoms. The molecule has 0 radical (unpaired) electrons. The standard InChI is InChI=1S/C13H25N3O2/c1-4-11(3)14-13(18)15-12(17)9-16-7-5-6-10(2)8-16/h10-11H,4-9H2,1-3H3,(H2,14,15,17,18)/p+1/t10-,11+/m0/s1. The van der Waals surface area contributed by atoms with E-state index in [0.717, 1.165) is 19.5 Å². The van der Waals surface area contributed by atoms with Gasteiger partial charge in [-0.15, -0.1) is 0 Å². The summed E-state index contributed by atoms with van der Waals surface area (Å²) < 4.78 is 0. The van der Waals surface area contributed by atoms with Gasteiger partial charge in [-0.1, -0.05) is 13.8 Å². The highest BCUT2D eigenvalue weighted by Gasteiger charge is 2.22. The van der Waals surface area contributed by atoms with Crippen molar-refractivity contribution in [3.05, 3.63) is 0 Å². The van der Waals surface area contributed by atoms with Crippen LogP contribution in [0.2, 0.25) is 0 Å². The lowest BCUT2D eigenvalue weighted by molar-refractivity contribution is -0.900. The lowest BCUT2D eigenvalue weighted by Gasteiger charge is -2.27. The second-order valence-corrected chi connectivity index (χ2v) is 5.46. The predicted molar refractivity (Wildman–Crippen MR) is 70.4 cm³/mol. The first-order valence-corrected chi connectivity index (χ1v) is 6.95. The molecule has 1 fully saturated rings. The third-order valence-corrected chi connectivity index (χ3v) is 3.52. The summed E-state index contributed by atoms with van der Waals surface area (Å²) in [7, 11) is 0. The van der Waals surface area contributed by atoms with E-state index in [0.29, 0.717) is 12.5 Å². The summed E-state index contributed by atoms with van der Waals surface area (Å²) in [6.07, 6.45) is 3.28. The van der Waals surface area contributed by atoms with Crippen LogP contribution in [0.25, 0.3) is 0 Å². The minimum Gasteiger partial charge on any atom is -0.335 e. The van der Waals surface area contributed by atoms with Crippen LogP contribution in [-0.4, -0.2) is 37.6 Å². The van der Waals surface area contributed by atoms with Crippen molar-refractivity contribution in [3.63, 3.8) is 0 Å². The third kappa shape index (κ3) is 5.49. The van der Waals surface area contributed by atoms with Gasteiger partial charge >= 0.3 is 6.03 Å². The highest BCUT2D eigenvalue weighted by Crippen LogP contribution is 2.04. The molecular formula is C13H26N3O2+. The fraction of sp³-hybridized carbons (Fsp3) is 0.846. The first-order valence-electron chi connectivity index (χ1n) is 6.95. The number of likely N-dealkylation sites (tertiary alicyclic amines) is 1. The van der Waals surface area contributed by atoms with E-state index in [4.69, 9.17) is 0 Å². The van der Waals surface area contributed by atoms with Crippen LogP contribution in [0.15, 0.2) is 0 Å². The van der Waals surface area contributed by atoms with Gasteiger partial charge in [0.15, 0.2) is 6.54 Å². The summed E-state index contributed by atoms with van der Waals surface area (Å²) in [5, 5.41) is 5.12. The zero-order valence-electron chi connectivity index (χ0n) is 11.7. The molecule has 0 aromatic heterocycles. The summed E-state index contributed by atoms with van der Waals surface area (Å²) in [6, 6.07) is -0.279. The number of rotatable bonds is 4. The second-order valence-electron chi connectivity index (χ2n) is 5.46. The predicted octanol–water partition coefficient (Wildman–Crippen LogP) is -0.0745. The second kappa shape index (κ2) is 7.36. The van der Waals surface area contributed by atoms with Crippen molar-refractivity contribution >= 4 is 11.9 Å². The van der Waals surface area contributed by atoms with E-state index < -0.39 is 0 Å². The topological polar surface area (TPSA) is 62.6 Å². The van der Waals surface area contributed by atoms with E-state index in [9.17, 15) is 9.59 Å². The van der Waals surface area contributed by atoms with Gasteiger partial charge in [-0.25, -0.2) is 4.79 Å². The van der Waals surface area contributed by atoms with E-state index in [-0.39, 0.29) is 18.0 Å². The van der Waals surface area contributed by atoms with E-state index in [2.05, 4.69) is 17.6 Å². The van der Waals surface area contributed by atoms with E-state index in [1.165, 1.54) is 17.7 Å². The molecule has 3 amide bonds. The van der Waals surface area contributed by atoms with Crippen molar-refractivity contribution < 1.29 is 14.5 Å². The van der Waals surface area contributed by atoms with Gasteiger partial charge in [0.1, 0.15) is 0 Å². The highest BCUT2D eigenvalue weighted by molar-refractivity contribution is 5.94. The lowest BCUT2D eigenvalue weighted by Crippen LogP contribution is -3.14. The van der Waals surface area contributed by atoms with E-state index >= 15 is 0 Å². The van der Waals surface area contributed by atoms with Crippen molar-refractivity contribution in [3.8, 4) is 0 Å². The molecule has 104 valence electrons. The van der Waals surface area contributed by atoms with Crippen LogP contribution in [0.4, 0.5) is 4.79 Å². The molecule has 3 N–H and O–H groups in total. The number of urea groups is 1. The molecule has 0 spiro atoms. The van der Waals surface area contributed by atoms with Crippen LogP contribution in [-0.2, 0) is 4.79 Å². The van der Waals surface area contributed by atoms with Gasteiger partial charge in [-0.2, -0.15) is 0 Å². The SMILES string of the molecule is CC[C@@H](C)NC(=O)NC(=O)C[NH+]1CCC[C@H](C)C1. The molecule has 1 unspecified atom stereocenters. The number of hydrogen-bond acceptors (Lipinski definition) is 2. The molecule has 1 rings (SSSR count). The van der Waals surface area contributed by atoms with Crippen LogP contribution in [0, 0.1) is 5.92 Å². The van der Waals surface area contributed by atoms with Gasteiger partial charge in [0.2, 0.25) is 0 Å². The Bertz CT molecular complexity index is 294. The molecule has 1 heterocycles. The summed E-state index contributed by atoms with van der Waals surface area (Å²) in [4.78, 5) is 24.5. The molecule has 3 atom stereocenters. The molecule has 1 aliphatic rings. The Balaban J connectivity index is 2.26. The maximum atomic E-state index is 11.7. The van der Waals surface area contributed by atoms with Crippen LogP contribution >= 0.6 is 0 Å². The molecule has 1 saturated heterocycles. The Labute approximate surface area is 109 Å². The van der Waals surface area contributed by atoms with Crippen molar-refractivity contribution in [2.45, 2.75) is 46.1 Å². The fourth-order valence-electron chi connectivity index (χ4n) is 2.32. The molecule has 0 aliphatic carbocycles. The van der Waals surface area contributed by atoms with Gasteiger partial charge in [0.05, 0.1) is 13.1 Å². The van der Waals surface area contributed by atoms with Gasteiger partial charge in [-0.3, -0.25) is 10.1 Å². The molecule has 18 heavy (non-hydrogen) atoms. The number of quaternary nitrogens is 1. The van der Waals surface area contributed by atoms with Crippen LogP contribution in [0.5, 0.6) is 0 Å². The molecular weight excluding hydrogens is 230 g/mol. The number of carbonyl (C=O) groups is 2. The minimum absolute atomic E-state index is 0.0974. The summed E-state index contributed by atoms with van der Waals surface area (Å²) in [5.41, 5.74) is 0. The monoisotopic (exact) mass is 256 g/mol. The normalized spacial score (nSPS) is 25.3. The third-order valence-electron chi connectivity index (χ3n) is 3.52. The average molecular weight is 256 g/mol. The Kier molecular flexibility index (Phi) is 6.12. The number of hydrogen-bond donors (Lipinski definition) is 3. The molecule has 0 aromatic rings. The summed E-state index contributed by atoms with van der Waals surface area (Å²) in [6.45, 7) is 8.59. The number of carbonyl (C=O) groups excluding carboxylic acids is 2. The van der Waals surface area contributed by atoms with Gasteiger partial charge < -0.3 is 10.2 Å². The van der Waals surface area contributed by atoms with Crippen molar-refractivity contribution in [1.29, 1.82) is 0 Å². The van der Waals surface area contributed by atoms with Crippen LogP contribution < -0.4 is 15.5 Å². The zero-order chi connectivity index (χ0) is 13.5. The van der Waals surface area contributed by atoms with Crippen molar-refractivity contribution in [2.75, 3.05) is 19.6 Å². The highest BCUT2D eigenvalue weighted by atomic mass is 16.2. The average Bonchev–Trinajstić information content (AvgIpc) is 2.28. The van der Waals surface area contributed by atoms with Crippen LogP contribution in [0.3, 0.4) is 0 Å². The number of imide groups is 1. The fourth-order valence-corrected chi connectivity index (χ4v) is 2.32. The number of amides is 3. The first-order chi connectivity index (χ1) is 8.51. The molecule has 5 nitrogen and oxygen atoms in total. The van der Waals surface area contributed by atoms with Gasteiger partial charge in [0, 0.05) is 12.0 Å². The minimum atomic E-state index is -0.376. The lowest BCUT2D eigenvalue weighted by atomic mass is 10.0. The van der Waals surface area contributed by atoms with Crippen molar-refractivity contribution in [2.24, 2.45) is 5.92 Å². The summed E-state index contributed by atoms with van der Waals surface area (Å²) in [5.74, 6) is 0.496. The van der Waals surface area contributed by atoms with Gasteiger partial charge in [0.25, 0.3) is 5.91 Å². The maximum Gasteiger partial charge on any atom is 0.321 e. The number of piperidine rings is 1. The Morgan fingerprint density at radius 2 is 2.17 bits per heavy atom. The Morgan fingerprint density at radius 1 is 1.44 bits per heavy atom. The Hall–Kier alpha value is -1.10. The molecule has 0 bridgehead atoms. The Morgan fingerprint density at radius 3 is 2.78 bits per heavy atom.